The maximum absolute atomic E-state index is 15.7. The van der Waals surface area contributed by atoms with Crippen LogP contribution in [0.4, 0.5) is 4.79 Å². The number of hydrogen-bond acceptors (Lipinski definition) is 12. The van der Waals surface area contributed by atoms with Crippen molar-refractivity contribution in [2.24, 2.45) is 11.7 Å². The Morgan fingerprint density at radius 1 is 0.655 bits per heavy atom. The van der Waals surface area contributed by atoms with E-state index in [1.807, 2.05) is 115 Å². The first kappa shape index (κ1) is 59.9. The van der Waals surface area contributed by atoms with Crippen LogP contribution < -0.4 is 47.1 Å². The summed E-state index contributed by atoms with van der Waals surface area (Å²) in [7, 11) is 3.04. The zero-order valence-electron chi connectivity index (χ0n) is 47.6. The third-order valence-electron chi connectivity index (χ3n) is 16.0. The highest BCUT2D eigenvalue weighted by molar-refractivity contribution is 5.99. The van der Waals surface area contributed by atoms with Crippen molar-refractivity contribution in [1.29, 1.82) is 0 Å². The normalized spacial score (nSPS) is 22.2. The fourth-order valence-electron chi connectivity index (χ4n) is 11.4. The SMILES string of the molecule is COc1cccc2[nH]cc(C[C@H]3NC(=O)[C@H](CCc4ccccc4)NC(=O)[C@@H]4C[C@@H](OC(=O)NCCN)CN4C(=O)[C@H](Cc4ccccc4)N(C)C(=O)[C@H](Cc4ccc(OCc5ccccc5)cc4)NC(=O)[C@H](CC4CCNCC4)NC3=O)c12. The molecule has 0 saturated carbocycles. The van der Waals surface area contributed by atoms with Crippen LogP contribution in [0.25, 0.3) is 10.9 Å². The smallest absolute Gasteiger partial charge is 0.407 e. The van der Waals surface area contributed by atoms with Crippen molar-refractivity contribution in [3.05, 3.63) is 167 Å². The number of amides is 7. The number of methoxy groups -OCH3 is 1. The molecule has 0 radical (unpaired) electrons. The van der Waals surface area contributed by atoms with E-state index in [2.05, 4.69) is 36.9 Å². The fourth-order valence-corrected chi connectivity index (χ4v) is 11.4. The summed E-state index contributed by atoms with van der Waals surface area (Å²) in [5.74, 6) is -2.88. The van der Waals surface area contributed by atoms with Gasteiger partial charge < -0.3 is 66.6 Å². The molecule has 7 atom stereocenters. The summed E-state index contributed by atoms with van der Waals surface area (Å²) in [4.78, 5) is 111. The number of aromatic amines is 1. The van der Waals surface area contributed by atoms with Gasteiger partial charge in [0.05, 0.1) is 13.7 Å². The molecule has 7 amide bonds. The van der Waals surface area contributed by atoms with Crippen molar-refractivity contribution >= 4 is 52.4 Å². The third kappa shape index (κ3) is 15.7. The van der Waals surface area contributed by atoms with E-state index in [0.717, 1.165) is 16.6 Å². The second kappa shape index (κ2) is 29.0. The Morgan fingerprint density at radius 2 is 1.27 bits per heavy atom. The van der Waals surface area contributed by atoms with Crippen LogP contribution in [0, 0.1) is 5.92 Å². The zero-order valence-corrected chi connectivity index (χ0v) is 47.6. The van der Waals surface area contributed by atoms with Crippen LogP contribution in [0.3, 0.4) is 0 Å². The van der Waals surface area contributed by atoms with E-state index in [9.17, 15) is 4.79 Å². The number of piperidine rings is 1. The number of H-pyrrole nitrogens is 1. The van der Waals surface area contributed by atoms with Gasteiger partial charge in [-0.2, -0.15) is 0 Å². The van der Waals surface area contributed by atoms with Crippen LogP contribution in [0.5, 0.6) is 11.5 Å². The van der Waals surface area contributed by atoms with Crippen LogP contribution in [-0.2, 0) is 65.8 Å². The highest BCUT2D eigenvalue weighted by Crippen LogP contribution is 2.31. The molecular formula is C64H76N10O10. The minimum Gasteiger partial charge on any atom is -0.496 e. The van der Waals surface area contributed by atoms with E-state index in [0.29, 0.717) is 72.5 Å². The number of nitrogens with one attached hydrogen (secondary N) is 7. The number of aromatic nitrogens is 1. The molecule has 3 aliphatic heterocycles. The first-order chi connectivity index (χ1) is 40.8. The van der Waals surface area contributed by atoms with Crippen LogP contribution in [0.15, 0.2) is 140 Å². The van der Waals surface area contributed by atoms with Gasteiger partial charge in [0.15, 0.2) is 0 Å². The van der Waals surface area contributed by atoms with Crippen molar-refractivity contribution in [1.82, 2.24) is 46.7 Å². The number of nitrogens with zero attached hydrogens (tertiary/aromatic N) is 2. The minimum absolute atomic E-state index is 0.00950. The maximum atomic E-state index is 15.7. The molecule has 0 spiro atoms. The largest absolute Gasteiger partial charge is 0.496 e. The Labute approximate surface area is 489 Å². The van der Waals surface area contributed by atoms with Crippen molar-refractivity contribution in [3.63, 3.8) is 0 Å². The topological polar surface area (TPSA) is 268 Å². The first-order valence-electron chi connectivity index (χ1n) is 28.9. The zero-order chi connectivity index (χ0) is 59.0. The Balaban J connectivity index is 1.13. The number of rotatable bonds is 18. The molecule has 0 bridgehead atoms. The highest BCUT2D eigenvalue weighted by atomic mass is 16.6. The van der Waals surface area contributed by atoms with Gasteiger partial charge in [-0.25, -0.2) is 4.79 Å². The molecule has 4 heterocycles. The maximum Gasteiger partial charge on any atom is 0.407 e. The Hall–Kier alpha value is -8.75. The summed E-state index contributed by atoms with van der Waals surface area (Å²) in [5.41, 5.74) is 10.2. The molecule has 9 rings (SSSR count). The van der Waals surface area contributed by atoms with Gasteiger partial charge in [-0.05, 0) is 103 Å². The van der Waals surface area contributed by atoms with Crippen molar-refractivity contribution in [2.75, 3.05) is 46.9 Å². The summed E-state index contributed by atoms with van der Waals surface area (Å²) in [5, 5.41) is 18.7. The number of ether oxygens (including phenoxy) is 3. The number of aryl methyl sites for hydroxylation is 1. The molecule has 20 heteroatoms. The van der Waals surface area contributed by atoms with Crippen LogP contribution in [0.2, 0.25) is 0 Å². The predicted octanol–water partition coefficient (Wildman–Crippen LogP) is 4.24. The minimum atomic E-state index is -1.33. The number of fused-ring (bicyclic) bond motifs is 2. The lowest BCUT2D eigenvalue weighted by atomic mass is 9.90. The summed E-state index contributed by atoms with van der Waals surface area (Å²) in [6.45, 7) is 1.73. The molecule has 5 aromatic carbocycles. The Bertz CT molecular complexity index is 3200. The van der Waals surface area contributed by atoms with Crippen LogP contribution >= 0.6 is 0 Å². The number of carbonyl (C=O) groups excluding carboxylic acids is 7. The van der Waals surface area contributed by atoms with Crippen LogP contribution in [-0.4, -0.2) is 146 Å². The van der Waals surface area contributed by atoms with Crippen LogP contribution in [0.1, 0.15) is 59.9 Å². The average Bonchev–Trinajstić information content (AvgIpc) is 3.87. The number of nitrogens with two attached hydrogens (primary N) is 1. The molecule has 0 unspecified atom stereocenters. The molecular weight excluding hydrogens is 1070 g/mol. The van der Waals surface area contributed by atoms with E-state index in [1.54, 1.807) is 31.5 Å². The van der Waals surface area contributed by atoms with Gasteiger partial charge >= 0.3 is 6.09 Å². The molecule has 9 N–H and O–H groups in total. The quantitative estimate of drug-likeness (QED) is 0.0601. The van der Waals surface area contributed by atoms with E-state index >= 15 is 28.8 Å². The fraction of sp³-hybridized carbons (Fsp3) is 0.391. The number of alkyl carbamates (subject to hydrolysis) is 1. The summed E-state index contributed by atoms with van der Waals surface area (Å²) in [6.07, 6.45) is 1.68. The molecule has 0 aliphatic carbocycles. The molecule has 84 heavy (non-hydrogen) atoms. The summed E-state index contributed by atoms with van der Waals surface area (Å²) in [6, 6.07) is 33.2. The Kier molecular flexibility index (Phi) is 20.7. The van der Waals surface area contributed by atoms with Gasteiger partial charge in [0.25, 0.3) is 0 Å². The van der Waals surface area contributed by atoms with Gasteiger partial charge in [0.2, 0.25) is 35.4 Å². The molecule has 3 saturated heterocycles. The molecule has 442 valence electrons. The lowest BCUT2D eigenvalue weighted by Crippen LogP contribution is -2.62. The van der Waals surface area contributed by atoms with E-state index in [1.165, 1.54) is 16.8 Å². The van der Waals surface area contributed by atoms with E-state index < -0.39 is 83.9 Å². The molecule has 1 aromatic heterocycles. The van der Waals surface area contributed by atoms with Gasteiger partial charge in [-0.3, -0.25) is 28.8 Å². The van der Waals surface area contributed by atoms with Crippen molar-refractivity contribution in [3.8, 4) is 11.5 Å². The lowest BCUT2D eigenvalue weighted by Gasteiger charge is -2.36. The monoisotopic (exact) mass is 1140 g/mol. The Morgan fingerprint density at radius 3 is 1.96 bits per heavy atom. The number of benzene rings is 5. The number of likely N-dealkylation sites (N-methyl/N-ethyl adjacent to an activating group) is 1. The van der Waals surface area contributed by atoms with Gasteiger partial charge in [-0.1, -0.05) is 109 Å². The molecule has 3 aliphatic rings. The number of carbonyl (C=O) groups is 7. The van der Waals surface area contributed by atoms with Gasteiger partial charge in [0, 0.05) is 62.9 Å². The second-order valence-corrected chi connectivity index (χ2v) is 21.9. The summed E-state index contributed by atoms with van der Waals surface area (Å²) >= 11 is 0. The number of hydrogen-bond donors (Lipinski definition) is 8. The van der Waals surface area contributed by atoms with E-state index in [-0.39, 0.29) is 64.1 Å². The standard InChI is InChI=1S/C64H76N10O10/c1-73-55(35-42-15-8-4-9-16-42)63(80)74-39-48(84-64(81)67-32-29-65)37-54(74)61(78)69-50(26-23-41-13-6-3-7-14-41)58(75)71-52(36-46-38-68-49-19-12-20-56(82-2)57(46)49)60(77)70-51(33-44-27-30-66-31-28-44)59(76)72-53(62(73)79)34-43-21-24-47(25-22-43)83-40-45-17-10-5-11-18-45/h3-22,24-25,38,44,48,50-55,66,68H,23,26-37,39-40,65H2,1-2H3,(H,67,81)(H,69,78)(H,70,77)(H,71,75)(H,72,76)/t48-,50+,51+,52-,53+,54+,55+/m1/s1. The summed E-state index contributed by atoms with van der Waals surface area (Å²) < 4.78 is 17.7. The van der Waals surface area contributed by atoms with Crippen molar-refractivity contribution in [2.45, 2.75) is 107 Å². The third-order valence-corrected chi connectivity index (χ3v) is 16.0. The van der Waals surface area contributed by atoms with E-state index in [4.69, 9.17) is 19.9 Å². The van der Waals surface area contributed by atoms with Gasteiger partial charge in [0.1, 0.15) is 60.5 Å². The highest BCUT2D eigenvalue weighted by Gasteiger charge is 2.46. The van der Waals surface area contributed by atoms with Crippen molar-refractivity contribution < 1.29 is 47.8 Å². The molecule has 6 aromatic rings. The van der Waals surface area contributed by atoms with Gasteiger partial charge in [-0.15, -0.1) is 0 Å². The predicted molar refractivity (Wildman–Crippen MR) is 316 cm³/mol. The molecule has 3 fully saturated rings. The second-order valence-electron chi connectivity index (χ2n) is 21.9. The first-order valence-corrected chi connectivity index (χ1v) is 28.9. The average molecular weight is 1150 g/mol. The molecule has 20 nitrogen and oxygen atoms in total. The lowest BCUT2D eigenvalue weighted by molar-refractivity contribution is -0.149.